The number of pyridine rings is 1. The van der Waals surface area contributed by atoms with Crippen molar-refractivity contribution in [2.24, 2.45) is 0 Å². The number of carbonyl (C=O) groups is 1. The van der Waals surface area contributed by atoms with Crippen molar-refractivity contribution in [2.45, 2.75) is 0 Å². The first-order valence-electron chi connectivity index (χ1n) is 3.19. The third-order valence-electron chi connectivity index (χ3n) is 1.25. The number of halogens is 2. The van der Waals surface area contributed by atoms with E-state index in [0.717, 1.165) is 6.07 Å². The number of carbonyl (C=O) groups excluding carboxylic acids is 1. The Morgan fingerprint density at radius 1 is 1.67 bits per heavy atom. The molecule has 1 N–H and O–H groups in total. The molecule has 5 heteroatoms. The third-order valence-corrected chi connectivity index (χ3v) is 1.46. The summed E-state index contributed by atoms with van der Waals surface area (Å²) in [7, 11) is 1.39. The third kappa shape index (κ3) is 1.71. The zero-order chi connectivity index (χ0) is 9.14. The minimum Gasteiger partial charge on any atom is -0.354 e. The predicted octanol–water partition coefficient (Wildman–Crippen LogP) is 1.23. The number of nitrogens with one attached hydrogen (secondary N) is 1. The summed E-state index contributed by atoms with van der Waals surface area (Å²) in [5.41, 5.74) is -0.287. The van der Waals surface area contributed by atoms with Crippen LogP contribution in [-0.2, 0) is 0 Å². The van der Waals surface area contributed by atoms with Gasteiger partial charge in [-0.05, 0) is 12.1 Å². The van der Waals surface area contributed by atoms with E-state index in [4.69, 9.17) is 11.6 Å². The zero-order valence-corrected chi connectivity index (χ0v) is 7.02. The summed E-state index contributed by atoms with van der Waals surface area (Å²) >= 11 is 5.46. The van der Waals surface area contributed by atoms with Crippen LogP contribution in [0.1, 0.15) is 10.5 Å². The Balaban J connectivity index is 3.13. The lowest BCUT2D eigenvalue weighted by molar-refractivity contribution is 0.0953. The smallest absolute Gasteiger partial charge is 0.272 e. The lowest BCUT2D eigenvalue weighted by Crippen LogP contribution is -2.20. The molecule has 0 bridgehead atoms. The van der Waals surface area contributed by atoms with Gasteiger partial charge in [-0.2, -0.15) is 0 Å². The van der Waals surface area contributed by atoms with Crippen molar-refractivity contribution in [2.75, 3.05) is 7.05 Å². The van der Waals surface area contributed by atoms with Gasteiger partial charge in [0, 0.05) is 7.05 Å². The molecule has 0 saturated heterocycles. The van der Waals surface area contributed by atoms with Gasteiger partial charge in [-0.3, -0.25) is 4.79 Å². The minimum absolute atomic E-state index is 0.0926. The number of rotatable bonds is 1. The molecule has 12 heavy (non-hydrogen) atoms. The molecular formula is C7H6ClFN2O. The second-order valence-electron chi connectivity index (χ2n) is 2.04. The molecule has 0 unspecified atom stereocenters. The van der Waals surface area contributed by atoms with Gasteiger partial charge in [0.25, 0.3) is 5.91 Å². The largest absolute Gasteiger partial charge is 0.354 e. The van der Waals surface area contributed by atoms with Crippen LogP contribution in [0, 0.1) is 5.82 Å². The molecule has 0 atom stereocenters. The number of amides is 1. The van der Waals surface area contributed by atoms with Crippen molar-refractivity contribution < 1.29 is 9.18 Å². The Kier molecular flexibility index (Phi) is 2.60. The molecule has 0 aromatic carbocycles. The quantitative estimate of drug-likeness (QED) is 0.674. The molecule has 0 fully saturated rings. The van der Waals surface area contributed by atoms with Gasteiger partial charge >= 0.3 is 0 Å². The van der Waals surface area contributed by atoms with Crippen molar-refractivity contribution in [3.05, 3.63) is 28.8 Å². The number of hydrogen-bond acceptors (Lipinski definition) is 2. The fraction of sp³-hybridized carbons (Fsp3) is 0.143. The first kappa shape index (κ1) is 8.93. The van der Waals surface area contributed by atoms with Gasteiger partial charge in [0.1, 0.15) is 5.15 Å². The van der Waals surface area contributed by atoms with Crippen LogP contribution < -0.4 is 5.32 Å². The number of hydrogen-bond donors (Lipinski definition) is 1. The minimum atomic E-state index is -0.682. The summed E-state index contributed by atoms with van der Waals surface area (Å²) in [6, 6.07) is 2.38. The summed E-state index contributed by atoms with van der Waals surface area (Å²) in [5.74, 6) is -1.27. The highest BCUT2D eigenvalue weighted by Gasteiger charge is 2.11. The molecule has 1 amide bonds. The maximum Gasteiger partial charge on any atom is 0.272 e. The van der Waals surface area contributed by atoms with Crippen LogP contribution >= 0.6 is 11.6 Å². The van der Waals surface area contributed by atoms with E-state index in [0.29, 0.717) is 0 Å². The van der Waals surface area contributed by atoms with Crippen LogP contribution in [-0.4, -0.2) is 17.9 Å². The Labute approximate surface area is 73.6 Å². The second-order valence-corrected chi connectivity index (χ2v) is 2.43. The van der Waals surface area contributed by atoms with Gasteiger partial charge < -0.3 is 5.32 Å². The molecule has 64 valence electrons. The average Bonchev–Trinajstić information content (AvgIpc) is 2.08. The van der Waals surface area contributed by atoms with Crippen LogP contribution in [0.3, 0.4) is 0 Å². The molecule has 3 nitrogen and oxygen atoms in total. The van der Waals surface area contributed by atoms with Crippen molar-refractivity contribution in [1.82, 2.24) is 10.3 Å². The average molecular weight is 189 g/mol. The van der Waals surface area contributed by atoms with Crippen LogP contribution in [0.2, 0.25) is 5.15 Å². The molecule has 0 radical (unpaired) electrons. The van der Waals surface area contributed by atoms with Crippen LogP contribution in [0.5, 0.6) is 0 Å². The maximum absolute atomic E-state index is 12.8. The lowest BCUT2D eigenvalue weighted by Gasteiger charge is -1.99. The van der Waals surface area contributed by atoms with Crippen molar-refractivity contribution in [1.29, 1.82) is 0 Å². The fourth-order valence-corrected chi connectivity index (χ4v) is 0.843. The van der Waals surface area contributed by atoms with Crippen LogP contribution in [0.25, 0.3) is 0 Å². The summed E-state index contributed by atoms with van der Waals surface area (Å²) in [4.78, 5) is 14.4. The first-order valence-corrected chi connectivity index (χ1v) is 3.57. The second kappa shape index (κ2) is 3.49. The Hall–Kier alpha value is -1.16. The Bertz CT molecular complexity index is 316. The topological polar surface area (TPSA) is 42.0 Å². The molecule has 0 spiro atoms. The molecule has 1 aromatic heterocycles. The molecule has 0 aliphatic heterocycles. The number of nitrogens with zero attached hydrogens (tertiary/aromatic N) is 1. The Morgan fingerprint density at radius 3 is 2.92 bits per heavy atom. The van der Waals surface area contributed by atoms with E-state index in [9.17, 15) is 9.18 Å². The van der Waals surface area contributed by atoms with Gasteiger partial charge in [-0.1, -0.05) is 11.6 Å². The van der Waals surface area contributed by atoms with Gasteiger partial charge in [-0.25, -0.2) is 9.37 Å². The predicted molar refractivity (Wildman–Crippen MR) is 42.6 cm³/mol. The van der Waals surface area contributed by atoms with Gasteiger partial charge in [0.05, 0.1) is 0 Å². The summed E-state index contributed by atoms with van der Waals surface area (Å²) in [5, 5.41) is 2.34. The molecule has 1 rings (SSSR count). The van der Waals surface area contributed by atoms with Crippen molar-refractivity contribution in [3.63, 3.8) is 0 Å². The molecule has 1 heterocycles. The van der Waals surface area contributed by atoms with E-state index in [1.54, 1.807) is 0 Å². The van der Waals surface area contributed by atoms with Crippen LogP contribution in [0.15, 0.2) is 12.1 Å². The van der Waals surface area contributed by atoms with Gasteiger partial charge in [0.15, 0.2) is 11.5 Å². The Morgan fingerprint density at radius 2 is 2.33 bits per heavy atom. The summed E-state index contributed by atoms with van der Waals surface area (Å²) < 4.78 is 12.8. The summed E-state index contributed by atoms with van der Waals surface area (Å²) in [6.45, 7) is 0. The highest BCUT2D eigenvalue weighted by atomic mass is 35.5. The first-order chi connectivity index (χ1) is 5.65. The normalized spacial score (nSPS) is 9.58. The SMILES string of the molecule is CNC(=O)c1nc(Cl)ccc1F. The molecular weight excluding hydrogens is 183 g/mol. The van der Waals surface area contributed by atoms with Gasteiger partial charge in [-0.15, -0.1) is 0 Å². The van der Waals surface area contributed by atoms with E-state index in [-0.39, 0.29) is 10.8 Å². The van der Waals surface area contributed by atoms with Gasteiger partial charge in [0.2, 0.25) is 0 Å². The van der Waals surface area contributed by atoms with E-state index < -0.39 is 11.7 Å². The molecule has 0 saturated carbocycles. The zero-order valence-electron chi connectivity index (χ0n) is 6.27. The molecule has 0 aliphatic carbocycles. The summed E-state index contributed by atoms with van der Waals surface area (Å²) in [6.07, 6.45) is 0. The molecule has 1 aromatic rings. The van der Waals surface area contributed by atoms with E-state index >= 15 is 0 Å². The highest BCUT2D eigenvalue weighted by molar-refractivity contribution is 6.29. The van der Waals surface area contributed by atoms with E-state index in [1.165, 1.54) is 13.1 Å². The fourth-order valence-electron chi connectivity index (χ4n) is 0.696. The van der Waals surface area contributed by atoms with E-state index in [1.807, 2.05) is 0 Å². The lowest BCUT2D eigenvalue weighted by atomic mass is 10.3. The van der Waals surface area contributed by atoms with E-state index in [2.05, 4.69) is 10.3 Å². The maximum atomic E-state index is 12.8. The monoisotopic (exact) mass is 188 g/mol. The highest BCUT2D eigenvalue weighted by Crippen LogP contribution is 2.09. The van der Waals surface area contributed by atoms with Crippen LogP contribution in [0.4, 0.5) is 4.39 Å². The van der Waals surface area contributed by atoms with Crippen molar-refractivity contribution >= 4 is 17.5 Å². The standard InChI is InChI=1S/C7H6ClFN2O/c1-10-7(12)6-4(9)2-3-5(8)11-6/h2-3H,1H3,(H,10,12). The molecule has 0 aliphatic rings. The van der Waals surface area contributed by atoms with Crippen molar-refractivity contribution in [3.8, 4) is 0 Å². The number of aromatic nitrogens is 1.